The number of ether oxygens (including phenoxy) is 2. The molecule has 0 aromatic heterocycles. The molecule has 0 spiro atoms. The van der Waals surface area contributed by atoms with Crippen LogP contribution in [0.1, 0.15) is 24.4 Å². The van der Waals surface area contributed by atoms with E-state index in [0.717, 1.165) is 29.4 Å². The van der Waals surface area contributed by atoms with E-state index in [0.29, 0.717) is 11.5 Å². The summed E-state index contributed by atoms with van der Waals surface area (Å²) in [7, 11) is 3.08. The molecular formula is C12H16BrNO3. The average Bonchev–Trinajstić information content (AvgIpc) is 2.82. The van der Waals surface area contributed by atoms with E-state index in [4.69, 9.17) is 9.47 Å². The number of hydrogen-bond donors (Lipinski definition) is 2. The van der Waals surface area contributed by atoms with Crippen molar-refractivity contribution in [1.82, 2.24) is 5.32 Å². The number of benzene rings is 1. The zero-order chi connectivity index (χ0) is 12.4. The van der Waals surface area contributed by atoms with Crippen LogP contribution in [0.15, 0.2) is 10.5 Å². The van der Waals surface area contributed by atoms with Crippen molar-refractivity contribution in [3.63, 3.8) is 0 Å². The quantitative estimate of drug-likeness (QED) is 0.901. The van der Waals surface area contributed by atoms with Gasteiger partial charge in [0.1, 0.15) is 0 Å². The molecule has 0 radical (unpaired) electrons. The van der Waals surface area contributed by atoms with Gasteiger partial charge in [-0.25, -0.2) is 0 Å². The van der Waals surface area contributed by atoms with E-state index in [9.17, 15) is 5.11 Å². The van der Waals surface area contributed by atoms with Crippen molar-refractivity contribution in [3.05, 3.63) is 16.1 Å². The number of phenolic OH excluding ortho intramolecular Hbond substituents is 1. The van der Waals surface area contributed by atoms with Gasteiger partial charge in [-0.05, 0) is 25.5 Å². The van der Waals surface area contributed by atoms with Gasteiger partial charge in [-0.1, -0.05) is 15.9 Å². The Morgan fingerprint density at radius 2 is 2.18 bits per heavy atom. The molecule has 0 amide bonds. The Bertz CT molecular complexity index is 417. The lowest BCUT2D eigenvalue weighted by Gasteiger charge is -2.18. The summed E-state index contributed by atoms with van der Waals surface area (Å²) in [6, 6.07) is 2.00. The van der Waals surface area contributed by atoms with Crippen molar-refractivity contribution in [1.29, 1.82) is 0 Å². The topological polar surface area (TPSA) is 50.7 Å². The van der Waals surface area contributed by atoms with Crippen LogP contribution in [0.2, 0.25) is 0 Å². The van der Waals surface area contributed by atoms with Crippen LogP contribution in [0.5, 0.6) is 17.2 Å². The van der Waals surface area contributed by atoms with Gasteiger partial charge in [-0.15, -0.1) is 0 Å². The Hall–Kier alpha value is -0.940. The van der Waals surface area contributed by atoms with Crippen LogP contribution < -0.4 is 14.8 Å². The van der Waals surface area contributed by atoms with Gasteiger partial charge in [0.25, 0.3) is 0 Å². The second-order valence-electron chi connectivity index (χ2n) is 4.01. The lowest BCUT2D eigenvalue weighted by atomic mass is 10.0. The molecule has 2 N–H and O–H groups in total. The van der Waals surface area contributed by atoms with E-state index < -0.39 is 0 Å². The first kappa shape index (κ1) is 12.5. The number of nitrogens with one attached hydrogen (secondary N) is 1. The predicted molar refractivity (Wildman–Crippen MR) is 68.9 cm³/mol. The van der Waals surface area contributed by atoms with Crippen LogP contribution in [0, 0.1) is 0 Å². The Labute approximate surface area is 109 Å². The summed E-state index contributed by atoms with van der Waals surface area (Å²) in [5.74, 6) is 1.07. The fourth-order valence-electron chi connectivity index (χ4n) is 2.22. The first-order valence-electron chi connectivity index (χ1n) is 5.55. The third-order valence-electron chi connectivity index (χ3n) is 3.04. The fraction of sp³-hybridized carbons (Fsp3) is 0.500. The lowest BCUT2D eigenvalue weighted by Crippen LogP contribution is -2.14. The Morgan fingerprint density at radius 3 is 2.71 bits per heavy atom. The van der Waals surface area contributed by atoms with Crippen molar-refractivity contribution >= 4 is 15.9 Å². The summed E-state index contributed by atoms with van der Waals surface area (Å²) in [6.45, 7) is 0.977. The second kappa shape index (κ2) is 5.14. The van der Waals surface area contributed by atoms with Crippen molar-refractivity contribution in [2.24, 2.45) is 0 Å². The summed E-state index contributed by atoms with van der Waals surface area (Å²) < 4.78 is 11.2. The third kappa shape index (κ3) is 2.21. The minimum absolute atomic E-state index is 0.151. The second-order valence-corrected chi connectivity index (χ2v) is 4.86. The monoisotopic (exact) mass is 301 g/mol. The van der Waals surface area contributed by atoms with Crippen LogP contribution in [-0.4, -0.2) is 25.9 Å². The van der Waals surface area contributed by atoms with E-state index in [-0.39, 0.29) is 11.8 Å². The number of halogens is 1. The van der Waals surface area contributed by atoms with Crippen molar-refractivity contribution in [2.75, 3.05) is 20.8 Å². The van der Waals surface area contributed by atoms with Crippen LogP contribution in [-0.2, 0) is 0 Å². The normalized spacial score (nSPS) is 19.4. The summed E-state index contributed by atoms with van der Waals surface area (Å²) in [5.41, 5.74) is 0.847. The number of phenols is 1. The fourth-order valence-corrected chi connectivity index (χ4v) is 2.89. The highest BCUT2D eigenvalue weighted by Crippen LogP contribution is 2.46. The highest BCUT2D eigenvalue weighted by Gasteiger charge is 2.26. The summed E-state index contributed by atoms with van der Waals surface area (Å²) in [5, 5.41) is 13.6. The molecule has 1 fully saturated rings. The molecule has 94 valence electrons. The molecule has 1 atom stereocenters. The molecule has 1 unspecified atom stereocenters. The number of aromatic hydroxyl groups is 1. The van der Waals surface area contributed by atoms with Crippen molar-refractivity contribution < 1.29 is 14.6 Å². The van der Waals surface area contributed by atoms with Gasteiger partial charge in [-0.3, -0.25) is 0 Å². The maximum Gasteiger partial charge on any atom is 0.203 e. The maximum absolute atomic E-state index is 10.3. The van der Waals surface area contributed by atoms with Gasteiger partial charge in [-0.2, -0.15) is 0 Å². The SMILES string of the molecule is COc1cc(Br)c(C2CCCN2)c(O)c1OC. The first-order chi connectivity index (χ1) is 8.19. The lowest BCUT2D eigenvalue weighted by molar-refractivity contribution is 0.329. The minimum atomic E-state index is 0.151. The molecule has 2 rings (SSSR count). The molecular weight excluding hydrogens is 286 g/mol. The third-order valence-corrected chi connectivity index (χ3v) is 3.70. The van der Waals surface area contributed by atoms with Gasteiger partial charge in [0.2, 0.25) is 5.75 Å². The van der Waals surface area contributed by atoms with Gasteiger partial charge in [0.05, 0.1) is 14.2 Å². The van der Waals surface area contributed by atoms with E-state index >= 15 is 0 Å². The van der Waals surface area contributed by atoms with Gasteiger partial charge in [0, 0.05) is 16.1 Å². The number of methoxy groups -OCH3 is 2. The van der Waals surface area contributed by atoms with Gasteiger partial charge >= 0.3 is 0 Å². The average molecular weight is 302 g/mol. The zero-order valence-electron chi connectivity index (χ0n) is 9.92. The van der Waals surface area contributed by atoms with E-state index in [2.05, 4.69) is 21.2 Å². The molecule has 0 bridgehead atoms. The van der Waals surface area contributed by atoms with Crippen molar-refractivity contribution in [3.8, 4) is 17.2 Å². The van der Waals surface area contributed by atoms with Crippen LogP contribution >= 0.6 is 15.9 Å². The summed E-state index contributed by atoms with van der Waals surface area (Å²) >= 11 is 3.48. The van der Waals surface area contributed by atoms with E-state index in [1.807, 2.05) is 6.07 Å². The van der Waals surface area contributed by atoms with Gasteiger partial charge < -0.3 is 19.9 Å². The molecule has 17 heavy (non-hydrogen) atoms. The van der Waals surface area contributed by atoms with Crippen LogP contribution in [0.3, 0.4) is 0 Å². The molecule has 0 saturated carbocycles. The van der Waals surface area contributed by atoms with Crippen LogP contribution in [0.4, 0.5) is 0 Å². The van der Waals surface area contributed by atoms with Gasteiger partial charge in [0.15, 0.2) is 11.5 Å². The molecule has 1 aromatic rings. The zero-order valence-corrected chi connectivity index (χ0v) is 11.5. The molecule has 4 nitrogen and oxygen atoms in total. The minimum Gasteiger partial charge on any atom is -0.504 e. The highest BCUT2D eigenvalue weighted by atomic mass is 79.9. The Morgan fingerprint density at radius 1 is 1.41 bits per heavy atom. The van der Waals surface area contributed by atoms with E-state index in [1.165, 1.54) is 7.11 Å². The first-order valence-corrected chi connectivity index (χ1v) is 6.35. The Balaban J connectivity index is 2.51. The Kier molecular flexibility index (Phi) is 3.79. The molecule has 0 aliphatic carbocycles. The van der Waals surface area contributed by atoms with Crippen molar-refractivity contribution in [2.45, 2.75) is 18.9 Å². The largest absolute Gasteiger partial charge is 0.504 e. The molecule has 1 aliphatic heterocycles. The number of rotatable bonds is 3. The van der Waals surface area contributed by atoms with Crippen LogP contribution in [0.25, 0.3) is 0 Å². The maximum atomic E-state index is 10.3. The molecule has 5 heteroatoms. The molecule has 1 aliphatic rings. The molecule has 1 saturated heterocycles. The molecule has 1 heterocycles. The summed E-state index contributed by atoms with van der Waals surface area (Å²) in [4.78, 5) is 0. The predicted octanol–water partition coefficient (Wildman–Crippen LogP) is 2.60. The highest BCUT2D eigenvalue weighted by molar-refractivity contribution is 9.10. The standard InChI is InChI=1S/C12H16BrNO3/c1-16-9-6-7(13)10(8-4-3-5-14-8)11(15)12(9)17-2/h6,8,14-15H,3-5H2,1-2H3. The number of hydrogen-bond acceptors (Lipinski definition) is 4. The smallest absolute Gasteiger partial charge is 0.203 e. The summed E-state index contributed by atoms with van der Waals surface area (Å²) in [6.07, 6.45) is 2.13. The van der Waals surface area contributed by atoms with E-state index in [1.54, 1.807) is 7.11 Å². The molecule has 1 aromatic carbocycles.